The van der Waals surface area contributed by atoms with Gasteiger partial charge in [-0.3, -0.25) is 9.59 Å². The van der Waals surface area contributed by atoms with Gasteiger partial charge in [-0.2, -0.15) is 0 Å². The van der Waals surface area contributed by atoms with Gasteiger partial charge in [0.2, 0.25) is 11.8 Å². The monoisotopic (exact) mass is 407 g/mol. The normalized spacial score (nSPS) is 29.4. The fourth-order valence-corrected chi connectivity index (χ4v) is 5.26. The zero-order chi connectivity index (χ0) is 20.9. The second-order valence-corrected chi connectivity index (χ2v) is 9.24. The molecule has 2 aromatic rings. The number of rotatable bonds is 7. The molecule has 3 aliphatic heterocycles. The van der Waals surface area contributed by atoms with E-state index in [0.29, 0.717) is 25.6 Å². The lowest BCUT2D eigenvalue weighted by Crippen LogP contribution is -2.44. The van der Waals surface area contributed by atoms with Crippen LogP contribution in [0.2, 0.25) is 0 Å². The van der Waals surface area contributed by atoms with E-state index in [9.17, 15) is 9.59 Å². The summed E-state index contributed by atoms with van der Waals surface area (Å²) in [4.78, 5) is 31.4. The average Bonchev–Trinajstić information content (AvgIpc) is 3.46. The van der Waals surface area contributed by atoms with Gasteiger partial charge in [-0.1, -0.05) is 44.2 Å². The van der Waals surface area contributed by atoms with Crippen molar-refractivity contribution in [3.63, 3.8) is 0 Å². The Balaban J connectivity index is 1.29. The molecule has 2 fully saturated rings. The molecule has 158 valence electrons. The van der Waals surface area contributed by atoms with Crippen molar-refractivity contribution >= 4 is 22.7 Å². The number of amides is 2. The first-order valence-electron chi connectivity index (χ1n) is 11.0. The molecule has 2 N–H and O–H groups in total. The molecule has 0 unspecified atom stereocenters. The number of nitrogens with zero attached hydrogens (tertiary/aromatic N) is 1. The van der Waals surface area contributed by atoms with Crippen LogP contribution in [0.1, 0.15) is 25.8 Å². The predicted octanol–water partition coefficient (Wildman–Crippen LogP) is 2.65. The number of carbonyl (C=O) groups is 2. The Morgan fingerprint density at radius 1 is 1.37 bits per heavy atom. The molecular formula is C24H29N3O3. The standard InChI is InChI=1S/C24H29N3O3/c1-15(2)8-11-25-22(28)20-19-7-10-24(30-19)14-27(23(29)21(20)24)12-9-16-13-26-18-6-4-3-5-17(16)18/h3-7,10,13,15,19-21,26H,8-9,11-12,14H2,1-2H3,(H,25,28)/t19-,20-,21-,24-/m1/s1. The third kappa shape index (κ3) is 3.05. The molecule has 3 aliphatic rings. The van der Waals surface area contributed by atoms with E-state index in [4.69, 9.17) is 4.74 Å². The van der Waals surface area contributed by atoms with Crippen molar-refractivity contribution in [2.75, 3.05) is 19.6 Å². The highest BCUT2D eigenvalue weighted by Gasteiger charge is 2.66. The Morgan fingerprint density at radius 2 is 2.20 bits per heavy atom. The molecule has 2 amide bonds. The summed E-state index contributed by atoms with van der Waals surface area (Å²) in [7, 11) is 0. The number of ether oxygens (including phenoxy) is 1. The van der Waals surface area contributed by atoms with E-state index in [1.165, 1.54) is 10.9 Å². The van der Waals surface area contributed by atoms with Crippen molar-refractivity contribution < 1.29 is 14.3 Å². The maximum atomic E-state index is 13.3. The number of aromatic nitrogens is 1. The van der Waals surface area contributed by atoms with E-state index in [0.717, 1.165) is 18.4 Å². The Hall–Kier alpha value is -2.60. The number of H-pyrrole nitrogens is 1. The van der Waals surface area contributed by atoms with E-state index in [1.807, 2.05) is 35.4 Å². The smallest absolute Gasteiger partial charge is 0.230 e. The van der Waals surface area contributed by atoms with E-state index in [2.05, 4.69) is 36.3 Å². The number of fused-ring (bicyclic) bond motifs is 2. The highest BCUT2D eigenvalue weighted by molar-refractivity contribution is 5.93. The van der Waals surface area contributed by atoms with E-state index >= 15 is 0 Å². The van der Waals surface area contributed by atoms with Crippen molar-refractivity contribution in [2.24, 2.45) is 17.8 Å². The number of hydrogen-bond acceptors (Lipinski definition) is 3. The number of carbonyl (C=O) groups excluding carboxylic acids is 2. The second-order valence-electron chi connectivity index (χ2n) is 9.24. The lowest BCUT2D eigenvalue weighted by Gasteiger charge is -2.23. The molecule has 6 nitrogen and oxygen atoms in total. The molecule has 2 saturated heterocycles. The van der Waals surface area contributed by atoms with Crippen LogP contribution in [0.25, 0.3) is 10.9 Å². The number of aromatic amines is 1. The van der Waals surface area contributed by atoms with Crippen molar-refractivity contribution in [2.45, 2.75) is 38.4 Å². The van der Waals surface area contributed by atoms with Crippen molar-refractivity contribution in [3.05, 3.63) is 48.2 Å². The van der Waals surface area contributed by atoms with Crippen molar-refractivity contribution in [1.29, 1.82) is 0 Å². The van der Waals surface area contributed by atoms with Gasteiger partial charge in [-0.25, -0.2) is 0 Å². The second kappa shape index (κ2) is 7.27. The van der Waals surface area contributed by atoms with Gasteiger partial charge in [0.15, 0.2) is 0 Å². The quantitative estimate of drug-likeness (QED) is 0.693. The maximum Gasteiger partial charge on any atom is 0.230 e. The fraction of sp³-hybridized carbons (Fsp3) is 0.500. The minimum atomic E-state index is -0.637. The number of nitrogens with one attached hydrogen (secondary N) is 2. The summed E-state index contributed by atoms with van der Waals surface area (Å²) in [5.41, 5.74) is 1.68. The van der Waals surface area contributed by atoms with Gasteiger partial charge in [0.05, 0.1) is 24.5 Å². The molecule has 2 bridgehead atoms. The first-order valence-corrected chi connectivity index (χ1v) is 11.0. The van der Waals surface area contributed by atoms with Crippen LogP contribution in [-0.2, 0) is 20.7 Å². The predicted molar refractivity (Wildman–Crippen MR) is 115 cm³/mol. The first-order chi connectivity index (χ1) is 14.5. The number of para-hydroxylation sites is 1. The van der Waals surface area contributed by atoms with Crippen LogP contribution in [0.15, 0.2) is 42.6 Å². The zero-order valence-electron chi connectivity index (χ0n) is 17.6. The van der Waals surface area contributed by atoms with E-state index < -0.39 is 17.4 Å². The van der Waals surface area contributed by atoms with Crippen molar-refractivity contribution in [3.8, 4) is 0 Å². The lowest BCUT2D eigenvalue weighted by molar-refractivity contribution is -0.137. The molecule has 6 heteroatoms. The number of hydrogen-bond donors (Lipinski definition) is 2. The molecule has 30 heavy (non-hydrogen) atoms. The van der Waals surface area contributed by atoms with Gasteiger partial charge in [0.1, 0.15) is 5.60 Å². The topological polar surface area (TPSA) is 74.4 Å². The maximum absolute atomic E-state index is 13.3. The molecule has 0 saturated carbocycles. The van der Waals surface area contributed by atoms with Gasteiger partial charge >= 0.3 is 0 Å². The number of benzene rings is 1. The molecule has 5 rings (SSSR count). The summed E-state index contributed by atoms with van der Waals surface area (Å²) in [6.45, 7) is 6.07. The summed E-state index contributed by atoms with van der Waals surface area (Å²) < 4.78 is 6.21. The summed E-state index contributed by atoms with van der Waals surface area (Å²) in [5, 5.41) is 4.23. The highest BCUT2D eigenvalue weighted by Crippen LogP contribution is 2.51. The third-order valence-electron chi connectivity index (χ3n) is 6.83. The van der Waals surface area contributed by atoms with Crippen LogP contribution in [0.5, 0.6) is 0 Å². The Kier molecular flexibility index (Phi) is 4.69. The van der Waals surface area contributed by atoms with Crippen LogP contribution in [0.3, 0.4) is 0 Å². The SMILES string of the molecule is CC(C)CCNC(=O)[C@@H]1[C@H]2C=C[C@]3(CN(CCc4c[nH]c5ccccc45)C(=O)[C@@H]13)O2. The molecular weight excluding hydrogens is 378 g/mol. The molecule has 0 aliphatic carbocycles. The van der Waals surface area contributed by atoms with Gasteiger partial charge in [-0.15, -0.1) is 0 Å². The largest absolute Gasteiger partial charge is 0.361 e. The van der Waals surface area contributed by atoms with Crippen LogP contribution >= 0.6 is 0 Å². The Morgan fingerprint density at radius 3 is 3.03 bits per heavy atom. The molecule has 0 radical (unpaired) electrons. The summed E-state index contributed by atoms with van der Waals surface area (Å²) >= 11 is 0. The molecule has 1 aromatic carbocycles. The molecule has 4 heterocycles. The van der Waals surface area contributed by atoms with Gasteiger partial charge < -0.3 is 19.9 Å². The summed E-state index contributed by atoms with van der Waals surface area (Å²) in [6.07, 6.45) is 7.44. The molecule has 4 atom stereocenters. The van der Waals surface area contributed by atoms with Crippen LogP contribution in [-0.4, -0.2) is 53.0 Å². The van der Waals surface area contributed by atoms with Crippen LogP contribution in [0.4, 0.5) is 0 Å². The zero-order valence-corrected chi connectivity index (χ0v) is 17.6. The van der Waals surface area contributed by atoms with Gasteiger partial charge in [0.25, 0.3) is 0 Å². The minimum Gasteiger partial charge on any atom is -0.361 e. The van der Waals surface area contributed by atoms with Crippen molar-refractivity contribution in [1.82, 2.24) is 15.2 Å². The lowest BCUT2D eigenvalue weighted by atomic mass is 9.77. The summed E-state index contributed by atoms with van der Waals surface area (Å²) in [6, 6.07) is 8.21. The highest BCUT2D eigenvalue weighted by atomic mass is 16.5. The first kappa shape index (κ1) is 19.4. The fourth-order valence-electron chi connectivity index (χ4n) is 5.26. The van der Waals surface area contributed by atoms with E-state index in [-0.39, 0.29) is 17.9 Å². The van der Waals surface area contributed by atoms with Gasteiger partial charge in [-0.05, 0) is 30.4 Å². The average molecular weight is 408 g/mol. The molecule has 1 spiro atoms. The third-order valence-corrected chi connectivity index (χ3v) is 6.83. The van der Waals surface area contributed by atoms with Crippen LogP contribution < -0.4 is 5.32 Å². The number of likely N-dealkylation sites (tertiary alicyclic amines) is 1. The molecule has 1 aromatic heterocycles. The van der Waals surface area contributed by atoms with Crippen LogP contribution in [0, 0.1) is 17.8 Å². The Bertz CT molecular complexity index is 1010. The Labute approximate surface area is 176 Å². The van der Waals surface area contributed by atoms with E-state index in [1.54, 1.807) is 0 Å². The minimum absolute atomic E-state index is 0.0469. The van der Waals surface area contributed by atoms with Gasteiger partial charge in [0, 0.05) is 30.2 Å². The summed E-state index contributed by atoms with van der Waals surface area (Å²) in [5.74, 6) is -0.308.